The number of nitrogens with zero attached hydrogens (tertiary/aromatic N) is 6. The van der Waals surface area contributed by atoms with Crippen LogP contribution in [0.4, 0.5) is 0 Å². The van der Waals surface area contributed by atoms with E-state index in [1.54, 1.807) is 0 Å². The molecule has 2 aliphatic rings. The predicted molar refractivity (Wildman–Crippen MR) is 149 cm³/mol. The summed E-state index contributed by atoms with van der Waals surface area (Å²) in [4.78, 5) is 27.9. The van der Waals surface area contributed by atoms with E-state index in [1.807, 2.05) is 23.2 Å². The molecule has 5 rings (SSSR count). The first-order valence-corrected chi connectivity index (χ1v) is 14.8. The van der Waals surface area contributed by atoms with Crippen molar-refractivity contribution in [2.45, 2.75) is 85.0 Å². The number of hydrogen-bond donors (Lipinski definition) is 0. The van der Waals surface area contributed by atoms with Gasteiger partial charge in [-0.05, 0) is 95.0 Å². The second-order valence-electron chi connectivity index (χ2n) is 12.1. The Bertz CT molecular complexity index is 1210. The molecule has 0 aromatic carbocycles. The lowest BCUT2D eigenvalue weighted by molar-refractivity contribution is 0.0740. The number of carbonyl (C=O) groups is 1. The van der Waals surface area contributed by atoms with Gasteiger partial charge in [-0.1, -0.05) is 32.9 Å². The molecule has 4 heterocycles. The van der Waals surface area contributed by atoms with Gasteiger partial charge in [-0.25, -0.2) is 4.98 Å². The molecule has 2 fully saturated rings. The van der Waals surface area contributed by atoms with E-state index in [4.69, 9.17) is 14.5 Å². The third-order valence-electron chi connectivity index (χ3n) is 7.88. The minimum atomic E-state index is 0.0975. The van der Waals surface area contributed by atoms with Gasteiger partial charge in [0, 0.05) is 25.2 Å². The molecule has 0 N–H and O–H groups in total. The Morgan fingerprint density at radius 2 is 1.76 bits per heavy atom. The van der Waals surface area contributed by atoms with Crippen LogP contribution in [0.15, 0.2) is 22.9 Å². The van der Waals surface area contributed by atoms with Crippen LogP contribution in [0, 0.1) is 11.8 Å². The van der Waals surface area contributed by atoms with Crippen molar-refractivity contribution in [1.82, 2.24) is 29.3 Å². The molecule has 1 amide bonds. The quantitative estimate of drug-likeness (QED) is 0.282. The van der Waals surface area contributed by atoms with Crippen LogP contribution in [-0.4, -0.2) is 68.0 Å². The van der Waals surface area contributed by atoms with Crippen molar-refractivity contribution in [1.29, 1.82) is 0 Å². The molecule has 0 bridgehead atoms. The molecule has 0 atom stereocenters. The fourth-order valence-corrected chi connectivity index (χ4v) is 5.27. The van der Waals surface area contributed by atoms with E-state index in [2.05, 4.69) is 42.2 Å². The molecule has 206 valence electrons. The molecule has 0 radical (unpaired) electrons. The summed E-state index contributed by atoms with van der Waals surface area (Å²) in [5.74, 6) is 2.92. The van der Waals surface area contributed by atoms with E-state index in [-0.39, 0.29) is 5.91 Å². The lowest BCUT2D eigenvalue weighted by atomic mass is 10.1. The maximum Gasteiger partial charge on any atom is 0.278 e. The van der Waals surface area contributed by atoms with Gasteiger partial charge < -0.3 is 18.7 Å². The number of amides is 1. The topological polar surface area (TPSA) is 79.8 Å². The molecule has 8 heteroatoms. The SMILES string of the molecule is CC(C)CCN(CCC(C)C)C(=O)c1ccc2nc(-c3nc(C4CC4)no3)c(CCCN3CCCC3)n2c1. The summed E-state index contributed by atoms with van der Waals surface area (Å²) >= 11 is 0. The smallest absolute Gasteiger partial charge is 0.278 e. The predicted octanol–water partition coefficient (Wildman–Crippen LogP) is 5.82. The van der Waals surface area contributed by atoms with Crippen LogP contribution in [0.25, 0.3) is 17.2 Å². The molecule has 38 heavy (non-hydrogen) atoms. The van der Waals surface area contributed by atoms with Crippen LogP contribution in [0.5, 0.6) is 0 Å². The van der Waals surface area contributed by atoms with E-state index in [0.29, 0.717) is 29.2 Å². The van der Waals surface area contributed by atoms with Gasteiger partial charge in [0.15, 0.2) is 11.5 Å². The van der Waals surface area contributed by atoms with Gasteiger partial charge in [0.25, 0.3) is 11.8 Å². The standard InChI is InChI=1S/C30H44N6O2/c1-21(2)13-18-35(19-14-22(3)4)30(37)24-11-12-26-31-27(29-32-28(33-38-29)23-9-10-23)25(36(26)20-24)8-7-17-34-15-5-6-16-34/h11-12,20-23H,5-10,13-19H2,1-4H3. The zero-order valence-electron chi connectivity index (χ0n) is 23.7. The molecule has 1 aliphatic heterocycles. The molecule has 1 saturated heterocycles. The Morgan fingerprint density at radius 3 is 2.42 bits per heavy atom. The van der Waals surface area contributed by atoms with Gasteiger partial charge >= 0.3 is 0 Å². The Kier molecular flexibility index (Phi) is 8.46. The maximum atomic E-state index is 13.7. The van der Waals surface area contributed by atoms with Crippen LogP contribution in [0.2, 0.25) is 0 Å². The summed E-state index contributed by atoms with van der Waals surface area (Å²) in [6.45, 7) is 13.9. The second kappa shape index (κ2) is 12.0. The van der Waals surface area contributed by atoms with Crippen molar-refractivity contribution in [2.24, 2.45) is 11.8 Å². The van der Waals surface area contributed by atoms with Gasteiger partial charge in [0.2, 0.25) is 0 Å². The number of likely N-dealkylation sites (tertiary alicyclic amines) is 1. The first kappa shape index (κ1) is 26.9. The average Bonchev–Trinajstić information content (AvgIpc) is 3.27. The van der Waals surface area contributed by atoms with Crippen molar-refractivity contribution >= 4 is 11.6 Å². The van der Waals surface area contributed by atoms with Crippen LogP contribution in [0.1, 0.15) is 100 Å². The van der Waals surface area contributed by atoms with Crippen molar-refractivity contribution in [3.63, 3.8) is 0 Å². The Balaban J connectivity index is 1.44. The van der Waals surface area contributed by atoms with Crippen LogP contribution >= 0.6 is 0 Å². The number of imidazole rings is 1. The number of carbonyl (C=O) groups excluding carboxylic acids is 1. The normalized spacial score (nSPS) is 16.4. The largest absolute Gasteiger partial charge is 0.339 e. The van der Waals surface area contributed by atoms with Gasteiger partial charge in [-0.3, -0.25) is 4.79 Å². The highest BCUT2D eigenvalue weighted by Crippen LogP contribution is 2.39. The van der Waals surface area contributed by atoms with Crippen molar-refractivity contribution in [3.8, 4) is 11.6 Å². The Labute approximate surface area is 226 Å². The van der Waals surface area contributed by atoms with E-state index < -0.39 is 0 Å². The minimum Gasteiger partial charge on any atom is -0.339 e. The zero-order chi connectivity index (χ0) is 26.6. The summed E-state index contributed by atoms with van der Waals surface area (Å²) in [7, 11) is 0. The Hall–Kier alpha value is -2.74. The van der Waals surface area contributed by atoms with Crippen molar-refractivity contribution in [2.75, 3.05) is 32.7 Å². The molecule has 3 aromatic heterocycles. The van der Waals surface area contributed by atoms with Crippen LogP contribution in [0.3, 0.4) is 0 Å². The van der Waals surface area contributed by atoms with Crippen molar-refractivity contribution in [3.05, 3.63) is 35.4 Å². The summed E-state index contributed by atoms with van der Waals surface area (Å²) in [6.07, 6.45) is 10.7. The molecule has 1 saturated carbocycles. The summed E-state index contributed by atoms with van der Waals surface area (Å²) in [6, 6.07) is 3.88. The monoisotopic (exact) mass is 520 g/mol. The van der Waals surface area contributed by atoms with Gasteiger partial charge in [0.1, 0.15) is 5.65 Å². The van der Waals surface area contributed by atoms with E-state index in [9.17, 15) is 4.79 Å². The number of fused-ring (bicyclic) bond motifs is 1. The second-order valence-corrected chi connectivity index (χ2v) is 12.1. The molecular weight excluding hydrogens is 476 g/mol. The number of aryl methyl sites for hydroxylation is 1. The van der Waals surface area contributed by atoms with Crippen LogP contribution in [-0.2, 0) is 6.42 Å². The zero-order valence-corrected chi connectivity index (χ0v) is 23.7. The average molecular weight is 521 g/mol. The highest BCUT2D eigenvalue weighted by molar-refractivity contribution is 5.94. The maximum absolute atomic E-state index is 13.7. The molecule has 1 aliphatic carbocycles. The third kappa shape index (κ3) is 6.45. The summed E-state index contributed by atoms with van der Waals surface area (Å²) in [5, 5.41) is 4.24. The van der Waals surface area contributed by atoms with Crippen molar-refractivity contribution < 1.29 is 9.32 Å². The number of pyridine rings is 1. The molecular formula is C30H44N6O2. The van der Waals surface area contributed by atoms with Gasteiger partial charge in [0.05, 0.1) is 11.3 Å². The molecule has 0 spiro atoms. The lowest BCUT2D eigenvalue weighted by Crippen LogP contribution is -2.34. The number of rotatable bonds is 13. The minimum absolute atomic E-state index is 0.0975. The first-order valence-electron chi connectivity index (χ1n) is 14.8. The number of aromatic nitrogens is 4. The van der Waals surface area contributed by atoms with Crippen LogP contribution < -0.4 is 0 Å². The van der Waals surface area contributed by atoms with Gasteiger partial charge in [-0.15, -0.1) is 0 Å². The molecule has 0 unspecified atom stereocenters. The highest BCUT2D eigenvalue weighted by Gasteiger charge is 2.30. The summed E-state index contributed by atoms with van der Waals surface area (Å²) in [5.41, 5.74) is 3.33. The fraction of sp³-hybridized carbons (Fsp3) is 0.667. The fourth-order valence-electron chi connectivity index (χ4n) is 5.27. The van der Waals surface area contributed by atoms with E-state index in [1.165, 1.54) is 25.9 Å². The van der Waals surface area contributed by atoms with E-state index in [0.717, 1.165) is 81.0 Å². The van der Waals surface area contributed by atoms with E-state index >= 15 is 0 Å². The number of hydrogen-bond acceptors (Lipinski definition) is 6. The lowest BCUT2D eigenvalue weighted by Gasteiger charge is -2.24. The van der Waals surface area contributed by atoms with Gasteiger partial charge in [-0.2, -0.15) is 4.98 Å². The molecule has 3 aromatic rings. The highest BCUT2D eigenvalue weighted by atomic mass is 16.5. The first-order chi connectivity index (χ1) is 18.4. The Morgan fingerprint density at radius 1 is 1.05 bits per heavy atom. The third-order valence-corrected chi connectivity index (χ3v) is 7.88. The molecule has 8 nitrogen and oxygen atoms in total. The summed E-state index contributed by atoms with van der Waals surface area (Å²) < 4.78 is 7.80.